The third kappa shape index (κ3) is 5.36. The first kappa shape index (κ1) is 20.4. The number of aryl methyl sites for hydroxylation is 2. The van der Waals surface area contributed by atoms with Gasteiger partial charge >= 0.3 is 0 Å². The number of nitrogens with zero attached hydrogens (tertiary/aromatic N) is 1. The molecule has 0 aliphatic carbocycles. The van der Waals surface area contributed by atoms with Crippen molar-refractivity contribution < 1.29 is 18.8 Å². The Morgan fingerprint density at radius 1 is 1.29 bits per heavy atom. The van der Waals surface area contributed by atoms with E-state index in [0.29, 0.717) is 23.5 Å². The molecule has 1 saturated heterocycles. The highest BCUT2D eigenvalue weighted by Gasteiger charge is 2.18. The van der Waals surface area contributed by atoms with Crippen LogP contribution in [0.1, 0.15) is 40.2 Å². The van der Waals surface area contributed by atoms with Gasteiger partial charge in [0.15, 0.2) is 0 Å². The fourth-order valence-electron chi connectivity index (χ4n) is 3.04. The second-order valence-corrected chi connectivity index (χ2v) is 7.72. The van der Waals surface area contributed by atoms with Crippen molar-refractivity contribution in [1.29, 1.82) is 0 Å². The number of nitrogens with one attached hydrogen (secondary N) is 2. The van der Waals surface area contributed by atoms with Crippen LogP contribution in [-0.2, 0) is 15.3 Å². The number of anilines is 1. The number of hydrogen-bond donors (Lipinski definition) is 2. The Morgan fingerprint density at radius 3 is 2.82 bits per heavy atom. The summed E-state index contributed by atoms with van der Waals surface area (Å²) in [5.74, 6) is 1.33. The Labute approximate surface area is 168 Å². The Kier molecular flexibility index (Phi) is 7.11. The molecule has 1 fully saturated rings. The van der Waals surface area contributed by atoms with Gasteiger partial charge in [-0.3, -0.25) is 9.59 Å². The highest BCUT2D eigenvalue weighted by atomic mass is 32.2. The minimum atomic E-state index is -0.213. The van der Waals surface area contributed by atoms with E-state index in [4.69, 9.17) is 9.26 Å². The second kappa shape index (κ2) is 9.75. The zero-order valence-corrected chi connectivity index (χ0v) is 16.9. The standard InChI is InChI=1S/C20H25N3O4S/c1-13-17(14(2)27-23-13)11-28-12-19(24)22-18-8-4-3-7-16(18)20(25)21-10-15-6-5-9-26-15/h3-4,7-8,15H,5-6,9-12H2,1-2H3,(H,21,25)(H,22,24). The number of ether oxygens (including phenoxy) is 1. The summed E-state index contributed by atoms with van der Waals surface area (Å²) in [5.41, 5.74) is 2.82. The zero-order chi connectivity index (χ0) is 19.9. The first-order valence-corrected chi connectivity index (χ1v) is 10.5. The Morgan fingerprint density at radius 2 is 2.11 bits per heavy atom. The van der Waals surface area contributed by atoms with Gasteiger partial charge < -0.3 is 19.9 Å². The largest absolute Gasteiger partial charge is 0.376 e. The number of benzene rings is 1. The van der Waals surface area contributed by atoms with Gasteiger partial charge in [-0.25, -0.2) is 0 Å². The number of para-hydroxylation sites is 1. The van der Waals surface area contributed by atoms with E-state index in [1.54, 1.807) is 24.3 Å². The molecule has 3 rings (SSSR count). The molecular weight excluding hydrogens is 378 g/mol. The van der Waals surface area contributed by atoms with Gasteiger partial charge in [0.1, 0.15) is 5.76 Å². The van der Waals surface area contributed by atoms with E-state index >= 15 is 0 Å². The SMILES string of the molecule is Cc1noc(C)c1CSCC(=O)Nc1ccccc1C(=O)NCC1CCCO1. The number of carbonyl (C=O) groups excluding carboxylic acids is 2. The zero-order valence-electron chi connectivity index (χ0n) is 16.1. The van der Waals surface area contributed by atoms with Crippen molar-refractivity contribution in [2.45, 2.75) is 38.5 Å². The first-order valence-electron chi connectivity index (χ1n) is 9.32. The van der Waals surface area contributed by atoms with E-state index < -0.39 is 0 Å². The first-order chi connectivity index (χ1) is 13.5. The topological polar surface area (TPSA) is 93.5 Å². The Bertz CT molecular complexity index is 811. The molecule has 1 atom stereocenters. The quantitative estimate of drug-likeness (QED) is 0.704. The maximum absolute atomic E-state index is 12.5. The van der Waals surface area contributed by atoms with Crippen LogP contribution in [0, 0.1) is 13.8 Å². The van der Waals surface area contributed by atoms with Gasteiger partial charge in [-0.15, -0.1) is 11.8 Å². The molecule has 0 radical (unpaired) electrons. The monoisotopic (exact) mass is 403 g/mol. The van der Waals surface area contributed by atoms with Crippen LogP contribution < -0.4 is 10.6 Å². The number of hydrogen-bond acceptors (Lipinski definition) is 6. The lowest BCUT2D eigenvalue weighted by Gasteiger charge is -2.13. The van der Waals surface area contributed by atoms with Crippen molar-refractivity contribution in [3.05, 3.63) is 46.8 Å². The minimum absolute atomic E-state index is 0.0754. The molecule has 1 aromatic heterocycles. The van der Waals surface area contributed by atoms with Crippen LogP contribution in [0.3, 0.4) is 0 Å². The molecule has 0 spiro atoms. The van der Waals surface area contributed by atoms with E-state index in [1.807, 2.05) is 13.8 Å². The fraction of sp³-hybridized carbons (Fsp3) is 0.450. The molecule has 2 N–H and O–H groups in total. The van der Waals surface area contributed by atoms with Crippen LogP contribution in [0.15, 0.2) is 28.8 Å². The lowest BCUT2D eigenvalue weighted by atomic mass is 10.1. The molecule has 1 unspecified atom stereocenters. The molecule has 1 aliphatic heterocycles. The van der Waals surface area contributed by atoms with E-state index in [-0.39, 0.29) is 23.7 Å². The highest BCUT2D eigenvalue weighted by Crippen LogP contribution is 2.20. The van der Waals surface area contributed by atoms with Gasteiger partial charge in [-0.2, -0.15) is 0 Å². The number of aromatic nitrogens is 1. The van der Waals surface area contributed by atoms with Crippen LogP contribution in [0.25, 0.3) is 0 Å². The van der Waals surface area contributed by atoms with Gasteiger partial charge in [-0.05, 0) is 38.8 Å². The van der Waals surface area contributed by atoms with Gasteiger partial charge in [0, 0.05) is 24.5 Å². The van der Waals surface area contributed by atoms with Crippen LogP contribution in [0.5, 0.6) is 0 Å². The predicted molar refractivity (Wildman–Crippen MR) is 109 cm³/mol. The van der Waals surface area contributed by atoms with Crippen molar-refractivity contribution in [1.82, 2.24) is 10.5 Å². The Hall–Kier alpha value is -2.32. The van der Waals surface area contributed by atoms with Crippen LogP contribution in [0.2, 0.25) is 0 Å². The van der Waals surface area contributed by atoms with Gasteiger partial charge in [0.2, 0.25) is 5.91 Å². The maximum Gasteiger partial charge on any atom is 0.253 e. The summed E-state index contributed by atoms with van der Waals surface area (Å²) >= 11 is 1.48. The minimum Gasteiger partial charge on any atom is -0.376 e. The lowest BCUT2D eigenvalue weighted by Crippen LogP contribution is -2.32. The Balaban J connectivity index is 1.51. The molecule has 28 heavy (non-hydrogen) atoms. The van der Waals surface area contributed by atoms with Crippen LogP contribution >= 0.6 is 11.8 Å². The van der Waals surface area contributed by atoms with E-state index in [2.05, 4.69) is 15.8 Å². The fourth-order valence-corrected chi connectivity index (χ4v) is 4.01. The smallest absolute Gasteiger partial charge is 0.253 e. The summed E-state index contributed by atoms with van der Waals surface area (Å²) in [6, 6.07) is 7.02. The maximum atomic E-state index is 12.5. The summed E-state index contributed by atoms with van der Waals surface area (Å²) in [5, 5.41) is 9.65. The van der Waals surface area contributed by atoms with Crippen molar-refractivity contribution >= 4 is 29.3 Å². The van der Waals surface area contributed by atoms with Crippen LogP contribution in [-0.4, -0.2) is 42.0 Å². The molecule has 2 aromatic rings. The summed E-state index contributed by atoms with van der Waals surface area (Å²) in [4.78, 5) is 24.8. The molecule has 7 nitrogen and oxygen atoms in total. The third-order valence-corrected chi connectivity index (χ3v) is 5.58. The highest BCUT2D eigenvalue weighted by molar-refractivity contribution is 7.99. The third-order valence-electron chi connectivity index (χ3n) is 4.62. The number of thioether (sulfide) groups is 1. The summed E-state index contributed by atoms with van der Waals surface area (Å²) in [6.07, 6.45) is 2.06. The summed E-state index contributed by atoms with van der Waals surface area (Å²) < 4.78 is 10.7. The molecule has 2 heterocycles. The molecule has 2 amide bonds. The van der Waals surface area contributed by atoms with E-state index in [1.165, 1.54) is 11.8 Å². The van der Waals surface area contributed by atoms with Gasteiger partial charge in [-0.1, -0.05) is 17.3 Å². The second-order valence-electron chi connectivity index (χ2n) is 6.73. The average molecular weight is 404 g/mol. The predicted octanol–water partition coefficient (Wildman–Crippen LogP) is 3.07. The van der Waals surface area contributed by atoms with Crippen molar-refractivity contribution in [2.75, 3.05) is 24.2 Å². The van der Waals surface area contributed by atoms with Crippen molar-refractivity contribution in [3.8, 4) is 0 Å². The molecule has 0 saturated carbocycles. The summed E-state index contributed by atoms with van der Waals surface area (Å²) in [6.45, 7) is 4.98. The normalized spacial score (nSPS) is 16.1. The number of rotatable bonds is 8. The molecule has 0 bridgehead atoms. The lowest BCUT2D eigenvalue weighted by molar-refractivity contribution is -0.113. The molecule has 8 heteroatoms. The number of amides is 2. The van der Waals surface area contributed by atoms with Crippen molar-refractivity contribution in [3.63, 3.8) is 0 Å². The molecule has 1 aromatic carbocycles. The van der Waals surface area contributed by atoms with Gasteiger partial charge in [0.25, 0.3) is 5.91 Å². The molecular formula is C20H25N3O4S. The van der Waals surface area contributed by atoms with Crippen molar-refractivity contribution in [2.24, 2.45) is 0 Å². The molecule has 1 aliphatic rings. The van der Waals surface area contributed by atoms with E-state index in [9.17, 15) is 9.59 Å². The average Bonchev–Trinajstić information content (AvgIpc) is 3.31. The van der Waals surface area contributed by atoms with Crippen LogP contribution in [0.4, 0.5) is 5.69 Å². The van der Waals surface area contributed by atoms with E-state index in [0.717, 1.165) is 36.5 Å². The number of carbonyl (C=O) groups is 2. The van der Waals surface area contributed by atoms with Gasteiger partial charge in [0.05, 0.1) is 28.8 Å². The molecule has 150 valence electrons. The summed E-state index contributed by atoms with van der Waals surface area (Å²) in [7, 11) is 0.